The summed E-state index contributed by atoms with van der Waals surface area (Å²) < 4.78 is 0. The second kappa shape index (κ2) is 8.48. The summed E-state index contributed by atoms with van der Waals surface area (Å²) in [5.74, 6) is 0.376. The Balaban J connectivity index is 0.00000192. The van der Waals surface area contributed by atoms with E-state index in [1.807, 2.05) is 35.2 Å². The zero-order valence-electron chi connectivity index (χ0n) is 13.3. The van der Waals surface area contributed by atoms with Crippen molar-refractivity contribution in [3.63, 3.8) is 0 Å². The maximum atomic E-state index is 13.1. The quantitative estimate of drug-likeness (QED) is 0.900. The summed E-state index contributed by atoms with van der Waals surface area (Å²) in [4.78, 5) is 15.0. The molecule has 0 radical (unpaired) electrons. The SMILES string of the molecule is C[C@H]1C[C@@H](C(=O)N(Cc2ccsc2)c2ccccc2)CCN1.Cl. The Morgan fingerprint density at radius 3 is 2.74 bits per heavy atom. The van der Waals surface area contributed by atoms with Crippen LogP contribution in [-0.2, 0) is 11.3 Å². The fourth-order valence-corrected chi connectivity index (χ4v) is 3.71. The van der Waals surface area contributed by atoms with Crippen molar-refractivity contribution >= 4 is 35.3 Å². The zero-order chi connectivity index (χ0) is 15.4. The fraction of sp³-hybridized carbons (Fsp3) is 0.389. The largest absolute Gasteiger partial charge is 0.314 e. The number of hydrogen-bond donors (Lipinski definition) is 1. The molecule has 0 bridgehead atoms. The first-order valence-electron chi connectivity index (χ1n) is 7.85. The zero-order valence-corrected chi connectivity index (χ0v) is 14.9. The van der Waals surface area contributed by atoms with E-state index in [4.69, 9.17) is 0 Å². The van der Waals surface area contributed by atoms with E-state index in [2.05, 4.69) is 29.1 Å². The third kappa shape index (κ3) is 4.56. The highest BCUT2D eigenvalue weighted by Crippen LogP contribution is 2.25. The monoisotopic (exact) mass is 350 g/mol. The molecule has 1 aromatic carbocycles. The molecule has 124 valence electrons. The lowest BCUT2D eigenvalue weighted by atomic mass is 9.91. The number of nitrogens with zero attached hydrogens (tertiary/aromatic N) is 1. The highest BCUT2D eigenvalue weighted by atomic mass is 35.5. The van der Waals surface area contributed by atoms with Gasteiger partial charge in [-0.25, -0.2) is 0 Å². The molecule has 2 heterocycles. The van der Waals surface area contributed by atoms with Crippen molar-refractivity contribution in [1.82, 2.24) is 5.32 Å². The Labute approximate surface area is 148 Å². The number of hydrogen-bond acceptors (Lipinski definition) is 3. The lowest BCUT2D eigenvalue weighted by Gasteiger charge is -2.32. The maximum absolute atomic E-state index is 13.1. The van der Waals surface area contributed by atoms with Crippen LogP contribution in [0.1, 0.15) is 25.3 Å². The standard InChI is InChI=1S/C18H22N2OS.ClH/c1-14-11-16(7-9-19-14)18(21)20(12-15-8-10-22-13-15)17-5-3-2-4-6-17;/h2-6,8,10,13-14,16,19H,7,9,11-12H2,1H3;1H/t14-,16-;/m0./s1. The van der Waals surface area contributed by atoms with Crippen molar-refractivity contribution in [2.75, 3.05) is 11.4 Å². The van der Waals surface area contributed by atoms with Crippen LogP contribution in [0, 0.1) is 5.92 Å². The molecule has 3 nitrogen and oxygen atoms in total. The van der Waals surface area contributed by atoms with Gasteiger partial charge in [-0.05, 0) is 60.8 Å². The number of piperidine rings is 1. The van der Waals surface area contributed by atoms with Gasteiger partial charge in [0.05, 0.1) is 6.54 Å². The number of halogens is 1. The van der Waals surface area contributed by atoms with Crippen LogP contribution in [0.3, 0.4) is 0 Å². The Bertz CT molecular complexity index is 603. The molecule has 2 aromatic rings. The smallest absolute Gasteiger partial charge is 0.230 e. The number of anilines is 1. The number of carbonyl (C=O) groups is 1. The van der Waals surface area contributed by atoms with Crippen molar-refractivity contribution in [3.05, 3.63) is 52.7 Å². The summed E-state index contributed by atoms with van der Waals surface area (Å²) in [6.45, 7) is 3.74. The van der Waals surface area contributed by atoms with E-state index in [0.717, 1.165) is 25.1 Å². The molecule has 2 atom stereocenters. The number of para-hydroxylation sites is 1. The van der Waals surface area contributed by atoms with Crippen LogP contribution in [0.4, 0.5) is 5.69 Å². The molecule has 3 rings (SSSR count). The Morgan fingerprint density at radius 1 is 1.30 bits per heavy atom. The van der Waals surface area contributed by atoms with Crippen molar-refractivity contribution in [3.8, 4) is 0 Å². The van der Waals surface area contributed by atoms with E-state index in [-0.39, 0.29) is 24.2 Å². The van der Waals surface area contributed by atoms with Crippen LogP contribution in [0.2, 0.25) is 0 Å². The molecule has 5 heteroatoms. The fourth-order valence-electron chi connectivity index (χ4n) is 3.05. The molecule has 1 aromatic heterocycles. The molecule has 1 aliphatic heterocycles. The highest BCUT2D eigenvalue weighted by molar-refractivity contribution is 7.07. The van der Waals surface area contributed by atoms with Gasteiger partial charge in [0.15, 0.2) is 0 Å². The summed E-state index contributed by atoms with van der Waals surface area (Å²) >= 11 is 1.68. The minimum Gasteiger partial charge on any atom is -0.314 e. The van der Waals surface area contributed by atoms with Crippen molar-refractivity contribution < 1.29 is 4.79 Å². The minimum atomic E-state index is 0. The normalized spacial score (nSPS) is 20.6. The molecule has 0 aliphatic carbocycles. The Morgan fingerprint density at radius 2 is 2.09 bits per heavy atom. The van der Waals surface area contributed by atoms with Gasteiger partial charge in [0.1, 0.15) is 0 Å². The number of thiophene rings is 1. The van der Waals surface area contributed by atoms with Crippen molar-refractivity contribution in [2.45, 2.75) is 32.4 Å². The molecule has 1 fully saturated rings. The van der Waals surface area contributed by atoms with Gasteiger partial charge >= 0.3 is 0 Å². The molecular weight excluding hydrogens is 328 g/mol. The predicted molar refractivity (Wildman–Crippen MR) is 99.4 cm³/mol. The molecule has 0 spiro atoms. The van der Waals surface area contributed by atoms with Gasteiger partial charge in [-0.15, -0.1) is 12.4 Å². The van der Waals surface area contributed by atoms with E-state index >= 15 is 0 Å². The predicted octanol–water partition coefficient (Wildman–Crippen LogP) is 4.09. The van der Waals surface area contributed by atoms with E-state index < -0.39 is 0 Å². The maximum Gasteiger partial charge on any atom is 0.230 e. The van der Waals surface area contributed by atoms with Crippen molar-refractivity contribution in [2.24, 2.45) is 5.92 Å². The number of amides is 1. The van der Waals surface area contributed by atoms with Gasteiger partial charge in [-0.2, -0.15) is 11.3 Å². The highest BCUT2D eigenvalue weighted by Gasteiger charge is 2.29. The lowest BCUT2D eigenvalue weighted by Crippen LogP contribution is -2.44. The summed E-state index contributed by atoms with van der Waals surface area (Å²) in [5, 5.41) is 7.61. The second-order valence-electron chi connectivity index (χ2n) is 5.97. The van der Waals surface area contributed by atoms with E-state index in [1.165, 1.54) is 5.56 Å². The molecule has 1 N–H and O–H groups in total. The third-order valence-electron chi connectivity index (χ3n) is 4.23. The van der Waals surface area contributed by atoms with Crippen LogP contribution in [0.15, 0.2) is 47.2 Å². The molecule has 23 heavy (non-hydrogen) atoms. The van der Waals surface area contributed by atoms with Gasteiger partial charge in [-0.3, -0.25) is 4.79 Å². The molecule has 0 unspecified atom stereocenters. The average molecular weight is 351 g/mol. The summed E-state index contributed by atoms with van der Waals surface area (Å²) in [5.41, 5.74) is 2.19. The number of rotatable bonds is 4. The molecular formula is C18H23ClN2OS. The lowest BCUT2D eigenvalue weighted by molar-refractivity contribution is -0.123. The van der Waals surface area contributed by atoms with Gasteiger partial charge in [0.2, 0.25) is 5.91 Å². The van der Waals surface area contributed by atoms with Gasteiger partial charge < -0.3 is 10.2 Å². The van der Waals surface area contributed by atoms with Gasteiger partial charge in [0.25, 0.3) is 0 Å². The van der Waals surface area contributed by atoms with Gasteiger partial charge in [0, 0.05) is 17.6 Å². The Hall–Kier alpha value is -1.36. The molecule has 1 aliphatic rings. The van der Waals surface area contributed by atoms with Crippen LogP contribution in [0.5, 0.6) is 0 Å². The topological polar surface area (TPSA) is 32.3 Å². The van der Waals surface area contributed by atoms with E-state index in [1.54, 1.807) is 11.3 Å². The summed E-state index contributed by atoms with van der Waals surface area (Å²) in [7, 11) is 0. The minimum absolute atomic E-state index is 0. The van der Waals surface area contributed by atoms with Gasteiger partial charge in [-0.1, -0.05) is 18.2 Å². The van der Waals surface area contributed by atoms with Crippen LogP contribution < -0.4 is 10.2 Å². The van der Waals surface area contributed by atoms with Crippen LogP contribution in [-0.4, -0.2) is 18.5 Å². The molecule has 0 saturated carbocycles. The van der Waals surface area contributed by atoms with E-state index in [9.17, 15) is 4.79 Å². The van der Waals surface area contributed by atoms with Crippen LogP contribution >= 0.6 is 23.7 Å². The van der Waals surface area contributed by atoms with Crippen LogP contribution in [0.25, 0.3) is 0 Å². The number of carbonyl (C=O) groups excluding carboxylic acids is 1. The first-order chi connectivity index (χ1) is 10.7. The first-order valence-corrected chi connectivity index (χ1v) is 8.79. The van der Waals surface area contributed by atoms with Crippen molar-refractivity contribution in [1.29, 1.82) is 0 Å². The van der Waals surface area contributed by atoms with E-state index in [0.29, 0.717) is 12.6 Å². The average Bonchev–Trinajstić information content (AvgIpc) is 3.06. The molecule has 1 amide bonds. The third-order valence-corrected chi connectivity index (χ3v) is 4.96. The Kier molecular flexibility index (Phi) is 6.63. The first kappa shape index (κ1) is 18.0. The number of nitrogens with one attached hydrogen (secondary N) is 1. The summed E-state index contributed by atoms with van der Waals surface area (Å²) in [6.07, 6.45) is 1.85. The molecule has 1 saturated heterocycles. The second-order valence-corrected chi connectivity index (χ2v) is 6.75. The summed E-state index contributed by atoms with van der Waals surface area (Å²) in [6, 6.07) is 12.5. The number of benzene rings is 1.